The molecule has 6 nitrogen and oxygen atoms in total. The molecule has 0 N–H and O–H groups in total. The van der Waals surface area contributed by atoms with E-state index in [-0.39, 0.29) is 17.1 Å². The minimum atomic E-state index is -0.169. The van der Waals surface area contributed by atoms with Crippen molar-refractivity contribution in [2.45, 2.75) is 25.9 Å². The van der Waals surface area contributed by atoms with Gasteiger partial charge in [0.1, 0.15) is 16.3 Å². The molecule has 0 atom stereocenters. The molecule has 2 heterocycles. The maximum atomic E-state index is 13.7. The Morgan fingerprint density at radius 1 is 1.06 bits per heavy atom. The van der Waals surface area contributed by atoms with Crippen LogP contribution in [-0.2, 0) is 0 Å². The molecule has 4 rings (SSSR count). The lowest BCUT2D eigenvalue weighted by Crippen LogP contribution is -2.23. The van der Waals surface area contributed by atoms with Crippen LogP contribution in [0.4, 0.5) is 0 Å². The first-order chi connectivity index (χ1) is 15.8. The van der Waals surface area contributed by atoms with Crippen LogP contribution in [0.5, 0.6) is 11.5 Å². The van der Waals surface area contributed by atoms with Crippen molar-refractivity contribution in [3.8, 4) is 17.2 Å². The van der Waals surface area contributed by atoms with Crippen LogP contribution in [0.3, 0.4) is 0 Å². The molecule has 0 saturated heterocycles. The predicted octanol–water partition coefficient (Wildman–Crippen LogP) is 5.36. The molecule has 8 heteroatoms. The van der Waals surface area contributed by atoms with Gasteiger partial charge >= 0.3 is 0 Å². The highest BCUT2D eigenvalue weighted by Gasteiger charge is 2.21. The van der Waals surface area contributed by atoms with E-state index in [0.29, 0.717) is 38.1 Å². The Labute approximate surface area is 200 Å². The summed E-state index contributed by atoms with van der Waals surface area (Å²) in [6.07, 6.45) is 0. The van der Waals surface area contributed by atoms with Crippen molar-refractivity contribution >= 4 is 39.1 Å². The van der Waals surface area contributed by atoms with Crippen molar-refractivity contribution in [1.82, 2.24) is 9.55 Å². The largest absolute Gasteiger partial charge is 0.496 e. The van der Waals surface area contributed by atoms with Crippen molar-refractivity contribution in [3.63, 3.8) is 0 Å². The van der Waals surface area contributed by atoms with Gasteiger partial charge in [0.15, 0.2) is 10.9 Å². The number of carbonyl (C=O) groups is 1. The van der Waals surface area contributed by atoms with E-state index in [1.54, 1.807) is 29.9 Å². The second-order valence-electron chi connectivity index (χ2n) is 7.59. The highest BCUT2D eigenvalue weighted by Crippen LogP contribution is 2.32. The summed E-state index contributed by atoms with van der Waals surface area (Å²) in [6.45, 7) is 5.88. The van der Waals surface area contributed by atoms with Gasteiger partial charge in [0, 0.05) is 4.88 Å². The van der Waals surface area contributed by atoms with Gasteiger partial charge in [-0.15, -0.1) is 11.3 Å². The monoisotopic (exact) mass is 480 g/mol. The second-order valence-corrected chi connectivity index (χ2v) is 9.73. The highest BCUT2D eigenvalue weighted by atomic mass is 32.2. The Morgan fingerprint density at radius 3 is 2.52 bits per heavy atom. The Hall–Kier alpha value is -3.10. The number of ketones is 1. The van der Waals surface area contributed by atoms with Crippen molar-refractivity contribution in [2.75, 3.05) is 20.0 Å². The molecule has 0 radical (unpaired) electrons. The number of aryl methyl sites for hydroxylation is 3. The lowest BCUT2D eigenvalue weighted by Gasteiger charge is -2.16. The average molecular weight is 481 g/mol. The molecule has 2 aromatic carbocycles. The Bertz CT molecular complexity index is 1420. The number of thioether (sulfide) groups is 1. The third-order valence-electron chi connectivity index (χ3n) is 5.49. The van der Waals surface area contributed by atoms with Crippen LogP contribution in [0, 0.1) is 20.8 Å². The molecule has 0 bridgehead atoms. The molecule has 2 aromatic heterocycles. The van der Waals surface area contributed by atoms with E-state index in [9.17, 15) is 9.59 Å². The van der Waals surface area contributed by atoms with Gasteiger partial charge in [-0.05, 0) is 56.2 Å². The van der Waals surface area contributed by atoms with Crippen LogP contribution in [-0.4, -0.2) is 35.3 Å². The molecule has 170 valence electrons. The zero-order valence-electron chi connectivity index (χ0n) is 19.1. The predicted molar refractivity (Wildman–Crippen MR) is 134 cm³/mol. The van der Waals surface area contributed by atoms with Crippen molar-refractivity contribution in [1.29, 1.82) is 0 Å². The van der Waals surface area contributed by atoms with Crippen LogP contribution >= 0.6 is 23.1 Å². The maximum Gasteiger partial charge on any atom is 0.267 e. The van der Waals surface area contributed by atoms with E-state index in [1.165, 1.54) is 30.2 Å². The van der Waals surface area contributed by atoms with E-state index < -0.39 is 0 Å². The van der Waals surface area contributed by atoms with E-state index in [1.807, 2.05) is 45.0 Å². The SMILES string of the molecule is COc1ccccc1C(=O)CSc1nc2sc(C)c(C)c2c(=O)n1-c1cc(C)ccc1OC. The third kappa shape index (κ3) is 4.28. The number of fused-ring (bicyclic) bond motifs is 1. The maximum absolute atomic E-state index is 13.7. The van der Waals surface area contributed by atoms with Crippen LogP contribution < -0.4 is 15.0 Å². The van der Waals surface area contributed by atoms with Gasteiger partial charge in [0.2, 0.25) is 0 Å². The van der Waals surface area contributed by atoms with Gasteiger partial charge in [-0.2, -0.15) is 0 Å². The number of carbonyl (C=O) groups excluding carboxylic acids is 1. The van der Waals surface area contributed by atoms with Crippen LogP contribution in [0.25, 0.3) is 15.9 Å². The van der Waals surface area contributed by atoms with Crippen molar-refractivity contribution < 1.29 is 14.3 Å². The molecule has 0 amide bonds. The first kappa shape index (κ1) is 23.1. The fourth-order valence-electron chi connectivity index (χ4n) is 3.64. The minimum Gasteiger partial charge on any atom is -0.496 e. The Kier molecular flexibility index (Phi) is 6.58. The minimum absolute atomic E-state index is 0.104. The summed E-state index contributed by atoms with van der Waals surface area (Å²) >= 11 is 2.72. The number of thiophene rings is 1. The first-order valence-electron chi connectivity index (χ1n) is 10.3. The van der Waals surface area contributed by atoms with Crippen LogP contribution in [0.1, 0.15) is 26.4 Å². The topological polar surface area (TPSA) is 70.4 Å². The molecule has 33 heavy (non-hydrogen) atoms. The Balaban J connectivity index is 1.86. The number of hydrogen-bond acceptors (Lipinski definition) is 7. The standard InChI is InChI=1S/C25H24N2O4S2/c1-14-10-11-21(31-5)18(12-14)27-24(29)22-15(2)16(3)33-23(22)26-25(27)32-13-19(28)17-8-6-7-9-20(17)30-4/h6-12H,13H2,1-5H3. The molecule has 0 aliphatic rings. The lowest BCUT2D eigenvalue weighted by molar-refractivity contribution is 0.101. The van der Waals surface area contributed by atoms with E-state index in [2.05, 4.69) is 0 Å². The van der Waals surface area contributed by atoms with Gasteiger partial charge < -0.3 is 9.47 Å². The van der Waals surface area contributed by atoms with Crippen molar-refractivity contribution in [3.05, 3.63) is 74.4 Å². The fraction of sp³-hybridized carbons (Fsp3) is 0.240. The summed E-state index contributed by atoms with van der Waals surface area (Å²) in [5.41, 5.74) is 2.84. The number of nitrogens with zero attached hydrogens (tertiary/aromatic N) is 2. The molecule has 0 fully saturated rings. The Morgan fingerprint density at radius 2 is 1.79 bits per heavy atom. The number of benzene rings is 2. The van der Waals surface area contributed by atoms with E-state index in [4.69, 9.17) is 14.5 Å². The quantitative estimate of drug-likeness (QED) is 0.201. The van der Waals surface area contributed by atoms with Crippen LogP contribution in [0.2, 0.25) is 0 Å². The van der Waals surface area contributed by atoms with Gasteiger partial charge in [-0.3, -0.25) is 14.2 Å². The first-order valence-corrected chi connectivity index (χ1v) is 12.1. The van der Waals surface area contributed by atoms with Gasteiger partial charge in [0.25, 0.3) is 5.56 Å². The van der Waals surface area contributed by atoms with Gasteiger partial charge in [-0.1, -0.05) is 30.0 Å². The molecular weight excluding hydrogens is 456 g/mol. The molecular formula is C25H24N2O4S2. The summed E-state index contributed by atoms with van der Waals surface area (Å²) < 4.78 is 12.5. The number of ether oxygens (including phenoxy) is 2. The number of aromatic nitrogens is 2. The molecule has 0 saturated carbocycles. The van der Waals surface area contributed by atoms with E-state index in [0.717, 1.165) is 16.0 Å². The summed E-state index contributed by atoms with van der Waals surface area (Å²) in [4.78, 5) is 33.3. The summed E-state index contributed by atoms with van der Waals surface area (Å²) in [7, 11) is 3.11. The summed E-state index contributed by atoms with van der Waals surface area (Å²) in [5.74, 6) is 1.09. The second kappa shape index (κ2) is 9.41. The van der Waals surface area contributed by atoms with Crippen molar-refractivity contribution in [2.24, 2.45) is 0 Å². The van der Waals surface area contributed by atoms with Gasteiger partial charge in [-0.25, -0.2) is 4.98 Å². The average Bonchev–Trinajstić information content (AvgIpc) is 3.10. The molecule has 0 spiro atoms. The normalized spacial score (nSPS) is 11.1. The van der Waals surface area contributed by atoms with E-state index >= 15 is 0 Å². The fourth-order valence-corrected chi connectivity index (χ4v) is 5.60. The molecule has 4 aromatic rings. The number of methoxy groups -OCH3 is 2. The zero-order chi connectivity index (χ0) is 23.7. The zero-order valence-corrected chi connectivity index (χ0v) is 20.7. The number of para-hydroxylation sites is 1. The van der Waals surface area contributed by atoms with Crippen LogP contribution in [0.15, 0.2) is 52.4 Å². The number of hydrogen-bond donors (Lipinski definition) is 0. The number of Topliss-reactive ketones (excluding diaryl/α,β-unsaturated/α-hetero) is 1. The summed E-state index contributed by atoms with van der Waals surface area (Å²) in [5, 5.41) is 1.04. The summed E-state index contributed by atoms with van der Waals surface area (Å²) in [6, 6.07) is 12.8. The molecule has 0 aliphatic heterocycles. The highest BCUT2D eigenvalue weighted by molar-refractivity contribution is 7.99. The smallest absolute Gasteiger partial charge is 0.267 e. The third-order valence-corrected chi connectivity index (χ3v) is 7.53. The molecule has 0 aliphatic carbocycles. The molecule has 0 unspecified atom stereocenters. The van der Waals surface area contributed by atoms with Gasteiger partial charge in [0.05, 0.1) is 36.6 Å². The number of rotatable bonds is 7. The lowest BCUT2D eigenvalue weighted by atomic mass is 10.1.